The highest BCUT2D eigenvalue weighted by Gasteiger charge is 2.32. The maximum atomic E-state index is 14.0. The van der Waals surface area contributed by atoms with Gasteiger partial charge in [0.25, 0.3) is 17.5 Å². The topological polar surface area (TPSA) is 155 Å². The first-order chi connectivity index (χ1) is 18.8. The SMILES string of the molecule is CC(C)(C)OC(=O)NN(Cc1cccc([N+](=O)[O-])c1)C(=O)c1c(C(=O)N2CCCC2)[nH]c2cc(Cl)ccc2c1=O. The van der Waals surface area contributed by atoms with E-state index in [-0.39, 0.29) is 34.4 Å². The molecule has 0 saturated carbocycles. The minimum Gasteiger partial charge on any atom is -0.443 e. The number of rotatable bonds is 5. The molecule has 1 aromatic heterocycles. The lowest BCUT2D eigenvalue weighted by Gasteiger charge is -2.27. The third-order valence-corrected chi connectivity index (χ3v) is 6.35. The van der Waals surface area contributed by atoms with Gasteiger partial charge in [-0.15, -0.1) is 0 Å². The third kappa shape index (κ3) is 6.40. The summed E-state index contributed by atoms with van der Waals surface area (Å²) >= 11 is 6.12. The zero-order valence-electron chi connectivity index (χ0n) is 22.2. The van der Waals surface area contributed by atoms with Gasteiger partial charge in [0.2, 0.25) is 5.43 Å². The molecule has 3 aromatic rings. The molecule has 40 heavy (non-hydrogen) atoms. The van der Waals surface area contributed by atoms with E-state index in [1.807, 2.05) is 0 Å². The Labute approximate surface area is 234 Å². The van der Waals surface area contributed by atoms with Crippen LogP contribution in [-0.4, -0.2) is 56.4 Å². The van der Waals surface area contributed by atoms with Crippen LogP contribution >= 0.6 is 11.6 Å². The van der Waals surface area contributed by atoms with Crippen molar-refractivity contribution in [3.63, 3.8) is 0 Å². The van der Waals surface area contributed by atoms with E-state index in [0.29, 0.717) is 18.1 Å². The molecule has 0 atom stereocenters. The van der Waals surface area contributed by atoms with Gasteiger partial charge in [-0.2, -0.15) is 0 Å². The van der Waals surface area contributed by atoms with Crippen LogP contribution in [0.15, 0.2) is 47.3 Å². The molecular weight excluding hydrogens is 542 g/mol. The van der Waals surface area contributed by atoms with Gasteiger partial charge in [0.15, 0.2) is 0 Å². The van der Waals surface area contributed by atoms with Gasteiger partial charge in [-0.3, -0.25) is 24.5 Å². The normalized spacial score (nSPS) is 13.2. The Kier molecular flexibility index (Phi) is 8.10. The van der Waals surface area contributed by atoms with Gasteiger partial charge in [-0.05, 0) is 57.4 Å². The van der Waals surface area contributed by atoms with Crippen LogP contribution in [0.5, 0.6) is 0 Å². The molecule has 0 spiro atoms. The number of nitro groups is 1. The Bertz CT molecular complexity index is 1560. The lowest BCUT2D eigenvalue weighted by molar-refractivity contribution is -0.384. The average molecular weight is 570 g/mol. The number of hydrogen-bond acceptors (Lipinski definition) is 7. The van der Waals surface area contributed by atoms with Gasteiger partial charge in [0.1, 0.15) is 16.9 Å². The second kappa shape index (κ2) is 11.3. The number of aromatic nitrogens is 1. The van der Waals surface area contributed by atoms with Crippen LogP contribution in [-0.2, 0) is 11.3 Å². The lowest BCUT2D eigenvalue weighted by atomic mass is 10.1. The first kappa shape index (κ1) is 28.6. The number of halogens is 1. The molecule has 4 rings (SSSR count). The molecule has 1 fully saturated rings. The Balaban J connectivity index is 1.84. The summed E-state index contributed by atoms with van der Waals surface area (Å²) in [4.78, 5) is 69.2. The van der Waals surface area contributed by atoms with Gasteiger partial charge < -0.3 is 14.6 Å². The van der Waals surface area contributed by atoms with E-state index in [1.54, 1.807) is 20.8 Å². The van der Waals surface area contributed by atoms with Crippen molar-refractivity contribution in [2.45, 2.75) is 45.8 Å². The van der Waals surface area contributed by atoms with E-state index >= 15 is 0 Å². The smallest absolute Gasteiger partial charge is 0.426 e. The number of nitrogens with one attached hydrogen (secondary N) is 2. The second-order valence-electron chi connectivity index (χ2n) is 10.3. The quantitative estimate of drug-likeness (QED) is 0.340. The van der Waals surface area contributed by atoms with E-state index < -0.39 is 39.4 Å². The summed E-state index contributed by atoms with van der Waals surface area (Å²) < 4.78 is 5.30. The lowest BCUT2D eigenvalue weighted by Crippen LogP contribution is -2.49. The third-order valence-electron chi connectivity index (χ3n) is 6.12. The monoisotopic (exact) mass is 569 g/mol. The van der Waals surface area contributed by atoms with Crippen LogP contribution in [0.4, 0.5) is 10.5 Å². The number of likely N-dealkylation sites (tertiary alicyclic amines) is 1. The number of H-pyrrole nitrogens is 1. The fourth-order valence-electron chi connectivity index (χ4n) is 4.37. The molecule has 13 heteroatoms. The summed E-state index contributed by atoms with van der Waals surface area (Å²) in [6.07, 6.45) is 0.554. The fraction of sp³-hybridized carbons (Fsp3) is 0.333. The average Bonchev–Trinajstić information content (AvgIpc) is 3.41. The second-order valence-corrected chi connectivity index (χ2v) is 10.8. The van der Waals surface area contributed by atoms with Crippen LogP contribution in [0.1, 0.15) is 60.0 Å². The van der Waals surface area contributed by atoms with Crippen molar-refractivity contribution < 1.29 is 24.0 Å². The van der Waals surface area contributed by atoms with Crippen molar-refractivity contribution in [2.24, 2.45) is 0 Å². The van der Waals surface area contributed by atoms with Crippen LogP contribution < -0.4 is 10.9 Å². The number of aromatic amines is 1. The van der Waals surface area contributed by atoms with Crippen LogP contribution in [0.25, 0.3) is 10.9 Å². The minimum atomic E-state index is -1.00. The summed E-state index contributed by atoms with van der Waals surface area (Å²) in [5.41, 5.74) is 0.267. The Morgan fingerprint density at radius 2 is 1.85 bits per heavy atom. The number of hydrazine groups is 1. The largest absolute Gasteiger partial charge is 0.443 e. The first-order valence-corrected chi connectivity index (χ1v) is 12.9. The number of benzene rings is 2. The van der Waals surface area contributed by atoms with Crippen molar-refractivity contribution in [3.05, 3.63) is 84.6 Å². The molecule has 0 unspecified atom stereocenters. The number of fused-ring (bicyclic) bond motifs is 1. The first-order valence-electron chi connectivity index (χ1n) is 12.5. The van der Waals surface area contributed by atoms with E-state index in [2.05, 4.69) is 10.4 Å². The van der Waals surface area contributed by atoms with Gasteiger partial charge in [-0.25, -0.2) is 15.2 Å². The maximum absolute atomic E-state index is 14.0. The minimum absolute atomic E-state index is 0.110. The van der Waals surface area contributed by atoms with E-state index in [1.165, 1.54) is 47.4 Å². The number of carbonyl (C=O) groups excluding carboxylic acids is 3. The van der Waals surface area contributed by atoms with Crippen LogP contribution in [0.3, 0.4) is 0 Å². The zero-order valence-corrected chi connectivity index (χ0v) is 22.9. The summed E-state index contributed by atoms with van der Waals surface area (Å²) in [6, 6.07) is 9.86. The number of non-ortho nitro benzene ring substituents is 1. The highest BCUT2D eigenvalue weighted by molar-refractivity contribution is 6.31. The molecule has 2 heterocycles. The molecule has 210 valence electrons. The Hall–Kier alpha value is -4.45. The molecule has 12 nitrogen and oxygen atoms in total. The summed E-state index contributed by atoms with van der Waals surface area (Å²) in [6.45, 7) is 5.43. The molecule has 3 amide bonds. The highest BCUT2D eigenvalue weighted by atomic mass is 35.5. The number of nitro benzene ring substituents is 1. The van der Waals surface area contributed by atoms with E-state index in [0.717, 1.165) is 17.9 Å². The number of nitrogens with zero attached hydrogens (tertiary/aromatic N) is 3. The van der Waals surface area contributed by atoms with Crippen molar-refractivity contribution in [3.8, 4) is 0 Å². The number of hydrogen-bond donors (Lipinski definition) is 2. The summed E-state index contributed by atoms with van der Waals surface area (Å²) in [7, 11) is 0. The van der Waals surface area contributed by atoms with Crippen molar-refractivity contribution in [1.82, 2.24) is 20.3 Å². The van der Waals surface area contributed by atoms with Gasteiger partial charge in [-0.1, -0.05) is 23.7 Å². The molecule has 1 aliphatic heterocycles. The van der Waals surface area contributed by atoms with E-state index in [9.17, 15) is 29.3 Å². The van der Waals surface area contributed by atoms with Crippen molar-refractivity contribution in [1.29, 1.82) is 0 Å². The van der Waals surface area contributed by atoms with Crippen molar-refractivity contribution >= 4 is 46.1 Å². The molecule has 0 aliphatic carbocycles. The summed E-state index contributed by atoms with van der Waals surface area (Å²) in [5, 5.41) is 12.5. The predicted molar refractivity (Wildman–Crippen MR) is 147 cm³/mol. The maximum Gasteiger partial charge on any atom is 0.426 e. The van der Waals surface area contributed by atoms with E-state index in [4.69, 9.17) is 16.3 Å². The molecule has 0 bridgehead atoms. The van der Waals surface area contributed by atoms with Gasteiger partial charge in [0.05, 0.1) is 17.0 Å². The molecule has 1 saturated heterocycles. The number of amides is 3. The molecule has 2 aromatic carbocycles. The zero-order chi connectivity index (χ0) is 29.2. The van der Waals surface area contributed by atoms with Gasteiger partial charge in [0, 0.05) is 35.6 Å². The molecule has 1 aliphatic rings. The fourth-order valence-corrected chi connectivity index (χ4v) is 4.54. The molecule has 2 N–H and O–H groups in total. The Morgan fingerprint density at radius 3 is 2.50 bits per heavy atom. The van der Waals surface area contributed by atoms with Crippen molar-refractivity contribution in [2.75, 3.05) is 13.1 Å². The van der Waals surface area contributed by atoms with Crippen LogP contribution in [0, 0.1) is 10.1 Å². The Morgan fingerprint density at radius 1 is 1.15 bits per heavy atom. The number of carbonyl (C=O) groups is 3. The molecular formula is C27H28ClN5O7. The molecule has 0 radical (unpaired) electrons. The highest BCUT2D eigenvalue weighted by Crippen LogP contribution is 2.22. The number of ether oxygens (including phenoxy) is 1. The standard InChI is InChI=1S/C27H28ClN5O7/c1-27(2,3)40-26(37)30-32(15-16-7-6-8-18(13-16)33(38)39)24(35)21-22(25(36)31-11-4-5-12-31)29-20-14-17(28)9-10-19(20)23(21)34/h6-10,13-14H,4-5,11-12,15H2,1-3H3,(H,29,34)(H,30,37). The predicted octanol–water partition coefficient (Wildman–Crippen LogP) is 4.41. The van der Waals surface area contributed by atoms with Gasteiger partial charge >= 0.3 is 6.09 Å². The number of pyridine rings is 1. The van der Waals surface area contributed by atoms with Crippen LogP contribution in [0.2, 0.25) is 5.02 Å². The summed E-state index contributed by atoms with van der Waals surface area (Å²) in [5.74, 6) is -1.55.